The minimum atomic E-state index is -0.214. The van der Waals surface area contributed by atoms with E-state index in [0.29, 0.717) is 6.61 Å². The third-order valence-electron chi connectivity index (χ3n) is 2.50. The summed E-state index contributed by atoms with van der Waals surface area (Å²) in [5.74, 6) is 0. The van der Waals surface area contributed by atoms with Crippen LogP contribution in [-0.2, 0) is 11.2 Å². The predicted octanol–water partition coefficient (Wildman–Crippen LogP) is 2.41. The first kappa shape index (κ1) is 12.2. The molecule has 0 radical (unpaired) electrons. The van der Waals surface area contributed by atoms with Crippen LogP contribution in [0.15, 0.2) is 30.3 Å². The lowest BCUT2D eigenvalue weighted by atomic mass is 10.0. The van der Waals surface area contributed by atoms with Crippen molar-refractivity contribution in [3.8, 4) is 0 Å². The van der Waals surface area contributed by atoms with Crippen LogP contribution in [0.25, 0.3) is 0 Å². The van der Waals surface area contributed by atoms with Crippen molar-refractivity contribution in [1.29, 1.82) is 0 Å². The van der Waals surface area contributed by atoms with Gasteiger partial charge in [0.25, 0.3) is 0 Å². The summed E-state index contributed by atoms with van der Waals surface area (Å²) in [5, 5.41) is 9.58. The SMILES string of the molecule is COCCC(O)CCCc1ccccc1. The molecule has 1 rings (SSSR count). The summed E-state index contributed by atoms with van der Waals surface area (Å²) in [4.78, 5) is 0. The molecule has 0 heterocycles. The molecule has 0 aliphatic heterocycles. The third-order valence-corrected chi connectivity index (χ3v) is 2.50. The normalized spacial score (nSPS) is 12.7. The second-order valence-corrected chi connectivity index (χ2v) is 3.81. The van der Waals surface area contributed by atoms with E-state index in [0.717, 1.165) is 25.7 Å². The molecule has 0 aliphatic carbocycles. The first-order valence-electron chi connectivity index (χ1n) is 5.54. The Balaban J connectivity index is 2.11. The van der Waals surface area contributed by atoms with Gasteiger partial charge in [-0.05, 0) is 31.2 Å². The summed E-state index contributed by atoms with van der Waals surface area (Å²) in [7, 11) is 1.66. The monoisotopic (exact) mass is 208 g/mol. The van der Waals surface area contributed by atoms with Gasteiger partial charge in [0.2, 0.25) is 0 Å². The highest BCUT2D eigenvalue weighted by Gasteiger charge is 2.03. The highest BCUT2D eigenvalue weighted by Crippen LogP contribution is 2.08. The Morgan fingerprint density at radius 1 is 1.20 bits per heavy atom. The number of aliphatic hydroxyl groups excluding tert-OH is 1. The van der Waals surface area contributed by atoms with Gasteiger partial charge in [-0.2, -0.15) is 0 Å². The topological polar surface area (TPSA) is 29.5 Å². The molecule has 0 aromatic heterocycles. The number of rotatable bonds is 7. The van der Waals surface area contributed by atoms with Crippen molar-refractivity contribution in [2.45, 2.75) is 31.8 Å². The van der Waals surface area contributed by atoms with E-state index in [2.05, 4.69) is 24.3 Å². The zero-order valence-corrected chi connectivity index (χ0v) is 9.36. The van der Waals surface area contributed by atoms with Gasteiger partial charge in [-0.1, -0.05) is 30.3 Å². The highest BCUT2D eigenvalue weighted by molar-refractivity contribution is 5.14. The number of methoxy groups -OCH3 is 1. The van der Waals surface area contributed by atoms with Crippen LogP contribution in [0.1, 0.15) is 24.8 Å². The van der Waals surface area contributed by atoms with Crippen molar-refractivity contribution in [2.75, 3.05) is 13.7 Å². The average molecular weight is 208 g/mol. The molecule has 2 nitrogen and oxygen atoms in total. The van der Waals surface area contributed by atoms with Crippen molar-refractivity contribution >= 4 is 0 Å². The van der Waals surface area contributed by atoms with Crippen molar-refractivity contribution in [1.82, 2.24) is 0 Å². The zero-order valence-electron chi connectivity index (χ0n) is 9.36. The van der Waals surface area contributed by atoms with E-state index in [1.807, 2.05) is 6.07 Å². The number of aliphatic hydroxyl groups is 1. The fourth-order valence-corrected chi connectivity index (χ4v) is 1.58. The molecule has 0 fully saturated rings. The highest BCUT2D eigenvalue weighted by atomic mass is 16.5. The number of benzene rings is 1. The maximum Gasteiger partial charge on any atom is 0.0562 e. The molecule has 15 heavy (non-hydrogen) atoms. The quantitative estimate of drug-likeness (QED) is 0.745. The predicted molar refractivity (Wildman–Crippen MR) is 61.9 cm³/mol. The summed E-state index contributed by atoms with van der Waals surface area (Å²) in [6, 6.07) is 10.4. The Morgan fingerprint density at radius 3 is 2.60 bits per heavy atom. The van der Waals surface area contributed by atoms with E-state index in [1.54, 1.807) is 7.11 Å². The summed E-state index contributed by atoms with van der Waals surface area (Å²) in [6.07, 6.45) is 3.47. The molecule has 0 amide bonds. The van der Waals surface area contributed by atoms with Gasteiger partial charge in [-0.15, -0.1) is 0 Å². The Hall–Kier alpha value is -0.860. The van der Waals surface area contributed by atoms with E-state index in [-0.39, 0.29) is 6.10 Å². The fraction of sp³-hybridized carbons (Fsp3) is 0.538. The van der Waals surface area contributed by atoms with Gasteiger partial charge in [0.1, 0.15) is 0 Å². The Labute approximate surface area is 91.9 Å². The van der Waals surface area contributed by atoms with Crippen molar-refractivity contribution in [3.05, 3.63) is 35.9 Å². The number of hydrogen-bond donors (Lipinski definition) is 1. The van der Waals surface area contributed by atoms with Gasteiger partial charge >= 0.3 is 0 Å². The fourth-order valence-electron chi connectivity index (χ4n) is 1.58. The van der Waals surface area contributed by atoms with Crippen LogP contribution in [0.2, 0.25) is 0 Å². The molecule has 0 bridgehead atoms. The molecule has 1 aromatic rings. The van der Waals surface area contributed by atoms with Crippen LogP contribution in [0, 0.1) is 0 Å². The Morgan fingerprint density at radius 2 is 1.93 bits per heavy atom. The molecular formula is C13H20O2. The van der Waals surface area contributed by atoms with Crippen molar-refractivity contribution in [2.24, 2.45) is 0 Å². The summed E-state index contributed by atoms with van der Waals surface area (Å²) in [6.45, 7) is 0.645. The van der Waals surface area contributed by atoms with Gasteiger partial charge < -0.3 is 9.84 Å². The molecule has 0 spiro atoms. The molecule has 1 atom stereocenters. The standard InChI is InChI=1S/C13H20O2/c1-15-11-10-13(14)9-5-8-12-6-3-2-4-7-12/h2-4,6-7,13-14H,5,8-11H2,1H3. The molecule has 1 N–H and O–H groups in total. The summed E-state index contributed by atoms with van der Waals surface area (Å²) >= 11 is 0. The maximum absolute atomic E-state index is 9.58. The molecule has 0 saturated carbocycles. The number of aryl methyl sites for hydroxylation is 1. The van der Waals surface area contributed by atoms with Crippen molar-refractivity contribution < 1.29 is 9.84 Å². The number of ether oxygens (including phenoxy) is 1. The Kier molecular flexibility index (Phi) is 6.05. The van der Waals surface area contributed by atoms with E-state index in [1.165, 1.54) is 5.56 Å². The molecule has 0 saturated heterocycles. The van der Waals surface area contributed by atoms with Crippen molar-refractivity contribution in [3.63, 3.8) is 0 Å². The number of hydrogen-bond acceptors (Lipinski definition) is 2. The summed E-state index contributed by atoms with van der Waals surface area (Å²) < 4.78 is 4.92. The first-order valence-corrected chi connectivity index (χ1v) is 5.54. The van der Waals surface area contributed by atoms with Crippen LogP contribution >= 0.6 is 0 Å². The smallest absolute Gasteiger partial charge is 0.0562 e. The molecule has 84 valence electrons. The van der Waals surface area contributed by atoms with Gasteiger partial charge in [0, 0.05) is 13.7 Å². The minimum Gasteiger partial charge on any atom is -0.393 e. The van der Waals surface area contributed by atoms with Crippen LogP contribution in [0.4, 0.5) is 0 Å². The van der Waals surface area contributed by atoms with Crippen LogP contribution in [0.3, 0.4) is 0 Å². The molecule has 1 unspecified atom stereocenters. The lowest BCUT2D eigenvalue weighted by Crippen LogP contribution is -2.09. The lowest BCUT2D eigenvalue weighted by molar-refractivity contribution is 0.103. The Bertz CT molecular complexity index is 246. The molecule has 2 heteroatoms. The molecule has 0 aliphatic rings. The largest absolute Gasteiger partial charge is 0.393 e. The van der Waals surface area contributed by atoms with Gasteiger partial charge in [0.05, 0.1) is 6.10 Å². The molecule has 1 aromatic carbocycles. The van der Waals surface area contributed by atoms with Gasteiger partial charge in [-0.25, -0.2) is 0 Å². The second-order valence-electron chi connectivity index (χ2n) is 3.81. The first-order chi connectivity index (χ1) is 7.33. The van der Waals surface area contributed by atoms with Gasteiger partial charge in [-0.3, -0.25) is 0 Å². The van der Waals surface area contributed by atoms with Crippen LogP contribution < -0.4 is 0 Å². The maximum atomic E-state index is 9.58. The van der Waals surface area contributed by atoms with E-state index < -0.39 is 0 Å². The van der Waals surface area contributed by atoms with Crippen LogP contribution in [0.5, 0.6) is 0 Å². The minimum absolute atomic E-state index is 0.214. The van der Waals surface area contributed by atoms with E-state index in [9.17, 15) is 5.11 Å². The summed E-state index contributed by atoms with van der Waals surface area (Å²) in [5.41, 5.74) is 1.34. The second kappa shape index (κ2) is 7.43. The van der Waals surface area contributed by atoms with E-state index >= 15 is 0 Å². The van der Waals surface area contributed by atoms with Crippen LogP contribution in [-0.4, -0.2) is 24.9 Å². The van der Waals surface area contributed by atoms with Gasteiger partial charge in [0.15, 0.2) is 0 Å². The zero-order chi connectivity index (χ0) is 10.9. The average Bonchev–Trinajstić information content (AvgIpc) is 2.28. The lowest BCUT2D eigenvalue weighted by Gasteiger charge is -2.09. The third kappa shape index (κ3) is 5.55. The molecular weight excluding hydrogens is 188 g/mol. The van der Waals surface area contributed by atoms with E-state index in [4.69, 9.17) is 4.74 Å².